The second-order valence-electron chi connectivity index (χ2n) is 4.58. The van der Waals surface area contributed by atoms with Crippen LogP contribution in [0.2, 0.25) is 0 Å². The zero-order chi connectivity index (χ0) is 12.4. The van der Waals surface area contributed by atoms with Gasteiger partial charge < -0.3 is 16.4 Å². The minimum absolute atomic E-state index is 0.148. The fourth-order valence-electron chi connectivity index (χ4n) is 2.39. The fourth-order valence-corrected chi connectivity index (χ4v) is 2.39. The topological polar surface area (TPSA) is 72.3 Å². The van der Waals surface area contributed by atoms with Gasteiger partial charge in [-0.05, 0) is 50.1 Å². The van der Waals surface area contributed by atoms with E-state index in [0.29, 0.717) is 13.0 Å². The van der Waals surface area contributed by atoms with Gasteiger partial charge in [-0.2, -0.15) is 0 Å². The lowest BCUT2D eigenvalue weighted by atomic mass is 9.98. The number of amides is 1. The molecule has 1 aliphatic rings. The molecule has 4 N–H and O–H groups in total. The third-order valence-corrected chi connectivity index (χ3v) is 3.27. The summed E-state index contributed by atoms with van der Waals surface area (Å²) in [5.74, 6) is 0.184. The Morgan fingerprint density at radius 3 is 2.88 bits per heavy atom. The molecule has 1 aliphatic heterocycles. The molecular formula is C13H19N3O. The van der Waals surface area contributed by atoms with E-state index in [0.717, 1.165) is 29.8 Å². The summed E-state index contributed by atoms with van der Waals surface area (Å²) in [4.78, 5) is 13.9. The van der Waals surface area contributed by atoms with Gasteiger partial charge >= 0.3 is 0 Å². The quantitative estimate of drug-likeness (QED) is 0.773. The van der Waals surface area contributed by atoms with E-state index in [9.17, 15) is 4.79 Å². The van der Waals surface area contributed by atoms with Gasteiger partial charge in [-0.15, -0.1) is 0 Å². The van der Waals surface area contributed by atoms with Crippen LogP contribution >= 0.6 is 0 Å². The Morgan fingerprint density at radius 2 is 2.18 bits per heavy atom. The summed E-state index contributed by atoms with van der Waals surface area (Å²) in [6.45, 7) is 2.63. The maximum atomic E-state index is 12.0. The van der Waals surface area contributed by atoms with E-state index in [4.69, 9.17) is 11.5 Å². The van der Waals surface area contributed by atoms with Crippen LogP contribution in [0.1, 0.15) is 25.3 Å². The van der Waals surface area contributed by atoms with Crippen LogP contribution in [0, 0.1) is 0 Å². The van der Waals surface area contributed by atoms with Crippen molar-refractivity contribution in [3.05, 3.63) is 23.8 Å². The van der Waals surface area contributed by atoms with Crippen LogP contribution in [-0.2, 0) is 11.2 Å². The average Bonchev–Trinajstić information content (AvgIpc) is 2.29. The van der Waals surface area contributed by atoms with E-state index in [1.165, 1.54) is 0 Å². The van der Waals surface area contributed by atoms with E-state index >= 15 is 0 Å². The minimum Gasteiger partial charge on any atom is -0.399 e. The van der Waals surface area contributed by atoms with Crippen molar-refractivity contribution in [2.45, 2.75) is 32.2 Å². The van der Waals surface area contributed by atoms with Gasteiger partial charge in [0, 0.05) is 23.8 Å². The summed E-state index contributed by atoms with van der Waals surface area (Å²) in [5, 5.41) is 0. The summed E-state index contributed by atoms with van der Waals surface area (Å²) in [5.41, 5.74) is 14.3. The van der Waals surface area contributed by atoms with Crippen LogP contribution in [0.3, 0.4) is 0 Å². The summed E-state index contributed by atoms with van der Waals surface area (Å²) in [6, 6.07) is 5.90. The SMILES string of the molecule is CC(CCN)N1C(=O)CCc2cc(N)ccc21. The number of carbonyl (C=O) groups is 1. The predicted octanol–water partition coefficient (Wildman–Crippen LogP) is 1.29. The molecular weight excluding hydrogens is 214 g/mol. The number of anilines is 2. The number of fused-ring (bicyclic) bond motifs is 1. The van der Waals surface area contributed by atoms with Crippen molar-refractivity contribution in [2.24, 2.45) is 5.73 Å². The molecule has 4 nitrogen and oxygen atoms in total. The van der Waals surface area contributed by atoms with Gasteiger partial charge in [0.05, 0.1) is 0 Å². The van der Waals surface area contributed by atoms with Gasteiger partial charge in [-0.25, -0.2) is 0 Å². The first-order chi connectivity index (χ1) is 8.13. The Morgan fingerprint density at radius 1 is 1.41 bits per heavy atom. The van der Waals surface area contributed by atoms with Gasteiger partial charge in [0.15, 0.2) is 0 Å². The van der Waals surface area contributed by atoms with Crippen LogP contribution in [-0.4, -0.2) is 18.5 Å². The lowest BCUT2D eigenvalue weighted by molar-refractivity contribution is -0.119. The normalized spacial score (nSPS) is 16.8. The Hall–Kier alpha value is -1.55. The number of hydrogen-bond donors (Lipinski definition) is 2. The molecule has 0 saturated carbocycles. The summed E-state index contributed by atoms with van der Waals surface area (Å²) in [6.07, 6.45) is 2.16. The largest absolute Gasteiger partial charge is 0.399 e. The number of nitrogens with two attached hydrogens (primary N) is 2. The molecule has 92 valence electrons. The minimum atomic E-state index is 0.148. The average molecular weight is 233 g/mol. The molecule has 1 unspecified atom stereocenters. The zero-order valence-corrected chi connectivity index (χ0v) is 10.1. The fraction of sp³-hybridized carbons (Fsp3) is 0.462. The lowest BCUT2D eigenvalue weighted by Crippen LogP contribution is -2.42. The Labute approximate surface area is 102 Å². The number of nitrogens with zero attached hydrogens (tertiary/aromatic N) is 1. The molecule has 17 heavy (non-hydrogen) atoms. The molecule has 1 amide bonds. The number of hydrogen-bond acceptors (Lipinski definition) is 3. The summed E-state index contributed by atoms with van der Waals surface area (Å²) >= 11 is 0. The van der Waals surface area contributed by atoms with Crippen molar-refractivity contribution in [1.29, 1.82) is 0 Å². The smallest absolute Gasteiger partial charge is 0.227 e. The molecule has 1 atom stereocenters. The molecule has 4 heteroatoms. The molecule has 0 fully saturated rings. The van der Waals surface area contributed by atoms with Crippen LogP contribution < -0.4 is 16.4 Å². The Bertz CT molecular complexity index is 431. The third-order valence-electron chi connectivity index (χ3n) is 3.27. The van der Waals surface area contributed by atoms with Gasteiger partial charge in [0.2, 0.25) is 5.91 Å². The highest BCUT2D eigenvalue weighted by Crippen LogP contribution is 2.31. The highest BCUT2D eigenvalue weighted by molar-refractivity contribution is 5.97. The van der Waals surface area contributed by atoms with Gasteiger partial charge in [0.25, 0.3) is 0 Å². The summed E-state index contributed by atoms with van der Waals surface area (Å²) in [7, 11) is 0. The number of nitrogen functional groups attached to an aromatic ring is 1. The molecule has 0 radical (unpaired) electrons. The molecule has 2 rings (SSSR count). The van der Waals surface area contributed by atoms with Crippen molar-refractivity contribution >= 4 is 17.3 Å². The van der Waals surface area contributed by atoms with Crippen molar-refractivity contribution in [3.63, 3.8) is 0 Å². The molecule has 1 heterocycles. The van der Waals surface area contributed by atoms with Crippen LogP contribution in [0.4, 0.5) is 11.4 Å². The highest BCUT2D eigenvalue weighted by atomic mass is 16.2. The van der Waals surface area contributed by atoms with E-state index in [1.807, 2.05) is 30.0 Å². The monoisotopic (exact) mass is 233 g/mol. The highest BCUT2D eigenvalue weighted by Gasteiger charge is 2.27. The van der Waals surface area contributed by atoms with Gasteiger partial charge in [-0.3, -0.25) is 4.79 Å². The van der Waals surface area contributed by atoms with Crippen LogP contribution in [0.15, 0.2) is 18.2 Å². The first-order valence-corrected chi connectivity index (χ1v) is 6.04. The molecule has 0 aliphatic carbocycles. The van der Waals surface area contributed by atoms with Crippen molar-refractivity contribution in [2.75, 3.05) is 17.2 Å². The maximum absolute atomic E-state index is 12.0. The molecule has 1 aromatic carbocycles. The van der Waals surface area contributed by atoms with Crippen molar-refractivity contribution in [1.82, 2.24) is 0 Å². The van der Waals surface area contributed by atoms with E-state index in [-0.39, 0.29) is 11.9 Å². The number of benzene rings is 1. The van der Waals surface area contributed by atoms with Crippen LogP contribution in [0.25, 0.3) is 0 Å². The summed E-state index contributed by atoms with van der Waals surface area (Å²) < 4.78 is 0. The number of rotatable bonds is 3. The first-order valence-electron chi connectivity index (χ1n) is 6.04. The van der Waals surface area contributed by atoms with E-state index in [1.54, 1.807) is 0 Å². The predicted molar refractivity (Wildman–Crippen MR) is 69.8 cm³/mol. The number of aryl methyl sites for hydroxylation is 1. The standard InChI is InChI=1S/C13H19N3O/c1-9(6-7-14)16-12-4-3-11(15)8-10(12)2-5-13(16)17/h3-4,8-9H,2,5-7,14-15H2,1H3. The lowest BCUT2D eigenvalue weighted by Gasteiger charge is -2.34. The van der Waals surface area contributed by atoms with Gasteiger partial charge in [-0.1, -0.05) is 0 Å². The Balaban J connectivity index is 2.36. The third kappa shape index (κ3) is 2.26. The number of carbonyl (C=O) groups excluding carboxylic acids is 1. The zero-order valence-electron chi connectivity index (χ0n) is 10.1. The van der Waals surface area contributed by atoms with Gasteiger partial charge in [0.1, 0.15) is 0 Å². The molecule has 0 spiro atoms. The molecule has 0 aromatic heterocycles. The van der Waals surface area contributed by atoms with Crippen LogP contribution in [0.5, 0.6) is 0 Å². The molecule has 0 saturated heterocycles. The van der Waals surface area contributed by atoms with Crippen molar-refractivity contribution in [3.8, 4) is 0 Å². The first kappa shape index (κ1) is 11.9. The second-order valence-corrected chi connectivity index (χ2v) is 4.58. The maximum Gasteiger partial charge on any atom is 0.227 e. The molecule has 0 bridgehead atoms. The van der Waals surface area contributed by atoms with E-state index < -0.39 is 0 Å². The molecule has 1 aromatic rings. The second kappa shape index (κ2) is 4.75. The Kier molecular flexibility index (Phi) is 3.33. The van der Waals surface area contributed by atoms with Crippen molar-refractivity contribution < 1.29 is 4.79 Å². The van der Waals surface area contributed by atoms with E-state index in [2.05, 4.69) is 0 Å².